The normalized spacial score (nSPS) is 17.3. The Kier molecular flexibility index (Phi) is 24.9. The first-order valence-corrected chi connectivity index (χ1v) is 27.0. The third kappa shape index (κ3) is 16.8. The van der Waals surface area contributed by atoms with Gasteiger partial charge < -0.3 is 42.3 Å². The number of H-pyrrole nitrogens is 1. The van der Waals surface area contributed by atoms with Crippen molar-refractivity contribution in [2.24, 2.45) is 0 Å². The van der Waals surface area contributed by atoms with Crippen molar-refractivity contribution in [3.63, 3.8) is 0 Å². The van der Waals surface area contributed by atoms with E-state index in [0.29, 0.717) is 24.5 Å². The fourth-order valence-corrected chi connectivity index (χ4v) is 11.1. The summed E-state index contributed by atoms with van der Waals surface area (Å²) < 4.78 is 54.4. The number of carbonyl (C=O) groups excluding carboxylic acids is 1. The van der Waals surface area contributed by atoms with Gasteiger partial charge >= 0.3 is 11.7 Å². The molecule has 0 saturated carbocycles. The van der Waals surface area contributed by atoms with Crippen LogP contribution in [0.25, 0.3) is 4.85 Å². The Hall–Kier alpha value is -4.91. The molecule has 72 heavy (non-hydrogen) atoms. The van der Waals surface area contributed by atoms with Crippen LogP contribution in [0.5, 0.6) is 11.5 Å². The number of aromatic amines is 1. The molecule has 1 aliphatic rings. The summed E-state index contributed by atoms with van der Waals surface area (Å²) in [5.41, 5.74) is 0.126. The summed E-state index contributed by atoms with van der Waals surface area (Å²) in [7, 11) is 2.89. The maximum atomic E-state index is 13.7. The van der Waals surface area contributed by atoms with Gasteiger partial charge in [-0.2, -0.15) is 0 Å². The molecule has 1 aliphatic heterocycles. The topological polar surface area (TPSA) is 153 Å². The maximum absolute atomic E-state index is 13.7. The van der Waals surface area contributed by atoms with E-state index in [1.54, 1.807) is 14.2 Å². The Morgan fingerprint density at radius 3 is 1.75 bits per heavy atom. The summed E-state index contributed by atoms with van der Waals surface area (Å²) in [6.07, 6.45) is 12.7. The number of methoxy groups -OCH3 is 3. The van der Waals surface area contributed by atoms with E-state index in [-0.39, 0.29) is 37.8 Å². The molecule has 3 aromatic carbocycles. The number of carbonyl (C=O) groups is 1. The van der Waals surface area contributed by atoms with E-state index in [4.69, 9.17) is 44.0 Å². The van der Waals surface area contributed by atoms with E-state index in [1.807, 2.05) is 78.9 Å². The number of esters is 1. The number of ether oxygens (including phenoxy) is 6. The van der Waals surface area contributed by atoms with Gasteiger partial charge in [-0.25, -0.2) is 16.0 Å². The molecule has 4 aromatic rings. The second kappa shape index (κ2) is 31.0. The monoisotopic (exact) mass is 1010 g/mol. The molecule has 0 aliphatic carbocycles. The van der Waals surface area contributed by atoms with Gasteiger partial charge in [0.25, 0.3) is 14.1 Å². The molecule has 1 saturated heterocycles. The Morgan fingerprint density at radius 2 is 1.25 bits per heavy atom. The van der Waals surface area contributed by atoms with E-state index in [0.717, 1.165) is 61.6 Å². The van der Waals surface area contributed by atoms with Crippen molar-refractivity contribution in [1.82, 2.24) is 14.2 Å². The van der Waals surface area contributed by atoms with Crippen molar-refractivity contribution in [1.29, 1.82) is 0 Å². The van der Waals surface area contributed by atoms with Gasteiger partial charge in [-0.1, -0.05) is 125 Å². The Labute approximate surface area is 428 Å². The molecule has 5 atom stereocenters. The van der Waals surface area contributed by atoms with Crippen molar-refractivity contribution in [3.05, 3.63) is 140 Å². The van der Waals surface area contributed by atoms with E-state index < -0.39 is 49.9 Å². The van der Waals surface area contributed by atoms with Crippen LogP contribution in [0.1, 0.15) is 141 Å². The zero-order valence-corrected chi connectivity index (χ0v) is 44.5. The third-order valence-corrected chi connectivity index (χ3v) is 15.1. The fourth-order valence-electron chi connectivity index (χ4n) is 9.31. The lowest BCUT2D eigenvalue weighted by molar-refractivity contribution is -0.140. The zero-order chi connectivity index (χ0) is 51.7. The van der Waals surface area contributed by atoms with E-state index >= 15 is 0 Å². The molecule has 1 fully saturated rings. The zero-order valence-electron chi connectivity index (χ0n) is 43.6. The minimum Gasteiger partial charge on any atom is -0.497 e. The average molecular weight is 1020 g/mol. The summed E-state index contributed by atoms with van der Waals surface area (Å²) in [4.78, 5) is 43.4. The number of rotatable bonds is 34. The Bertz CT molecular complexity index is 2260. The fraction of sp³-hybridized carbons (Fsp3) is 0.571. The van der Waals surface area contributed by atoms with Gasteiger partial charge in [-0.3, -0.25) is 19.1 Å². The summed E-state index contributed by atoms with van der Waals surface area (Å²) >= 11 is 0. The number of unbranched alkanes of at least 4 members (excludes halogenated alkanes) is 12. The molecule has 16 heteroatoms. The molecule has 0 bridgehead atoms. The van der Waals surface area contributed by atoms with Crippen LogP contribution in [-0.2, 0) is 38.4 Å². The van der Waals surface area contributed by atoms with Crippen LogP contribution in [0.15, 0.2) is 101 Å². The highest BCUT2D eigenvalue weighted by Crippen LogP contribution is 2.51. The summed E-state index contributed by atoms with van der Waals surface area (Å²) in [6.45, 7) is 16.5. The standard InChI is InChI=1S/C56H79N4O11P/c1-42(2)60(43(3)4)72(69-40-37-57-5)71-52-49(41-68-56(44-25-21-20-22-26-44,45-28-32-47(64-6)33-29-45)46-30-34-48(65-7)35-31-46)70-54(59-38-36-50(61)58-55(59)63)53(52)67-39-24-19-17-15-13-11-9-10-12-14-16-18-23-27-51(62)66-8/h20-22,25-26,28-36,38,42-43,49,52-54H,9-19,23-24,27,37,39-41H2,1-4,6-8H3,(H,58,61,63). The molecule has 5 unspecified atom stereocenters. The van der Waals surface area contributed by atoms with Gasteiger partial charge in [0.2, 0.25) is 6.54 Å². The van der Waals surface area contributed by atoms with E-state index in [1.165, 1.54) is 62.5 Å². The summed E-state index contributed by atoms with van der Waals surface area (Å²) in [5.74, 6) is 1.25. The minimum atomic E-state index is -1.82. The third-order valence-electron chi connectivity index (χ3n) is 13.0. The Balaban J connectivity index is 1.42. The highest BCUT2D eigenvalue weighted by atomic mass is 31.2. The van der Waals surface area contributed by atoms with Crippen LogP contribution in [-0.4, -0.2) is 98.3 Å². The van der Waals surface area contributed by atoms with Gasteiger partial charge in [0.05, 0.1) is 27.9 Å². The quantitative estimate of drug-likeness (QED) is 0.0156. The molecule has 15 nitrogen and oxygen atoms in total. The van der Waals surface area contributed by atoms with Crippen LogP contribution in [0.4, 0.5) is 0 Å². The first-order chi connectivity index (χ1) is 35.0. The van der Waals surface area contributed by atoms with Gasteiger partial charge in [-0.15, -0.1) is 0 Å². The van der Waals surface area contributed by atoms with Crippen molar-refractivity contribution >= 4 is 14.5 Å². The second-order valence-corrected chi connectivity index (χ2v) is 20.2. The van der Waals surface area contributed by atoms with Crippen molar-refractivity contribution < 1.29 is 42.3 Å². The number of hydrogen-bond acceptors (Lipinski definition) is 12. The first kappa shape index (κ1) is 58.0. The lowest BCUT2D eigenvalue weighted by Crippen LogP contribution is -2.43. The van der Waals surface area contributed by atoms with Gasteiger partial charge in [-0.05, 0) is 81.5 Å². The first-order valence-electron chi connectivity index (χ1n) is 25.8. The molecule has 1 aromatic heterocycles. The number of hydrogen-bond donors (Lipinski definition) is 1. The maximum Gasteiger partial charge on any atom is 0.330 e. The highest BCUT2D eigenvalue weighted by Gasteiger charge is 2.51. The lowest BCUT2D eigenvalue weighted by atomic mass is 9.80. The van der Waals surface area contributed by atoms with E-state index in [2.05, 4.69) is 42.2 Å². The van der Waals surface area contributed by atoms with E-state index in [9.17, 15) is 14.4 Å². The predicted octanol–water partition coefficient (Wildman–Crippen LogP) is 11.1. The van der Waals surface area contributed by atoms with Crippen molar-refractivity contribution in [2.45, 2.75) is 160 Å². The molecule has 5 rings (SSSR count). The van der Waals surface area contributed by atoms with Crippen LogP contribution >= 0.6 is 8.53 Å². The number of benzene rings is 3. The minimum absolute atomic E-state index is 0.00400. The smallest absolute Gasteiger partial charge is 0.330 e. The molecule has 0 spiro atoms. The van der Waals surface area contributed by atoms with Gasteiger partial charge in [0, 0.05) is 37.4 Å². The van der Waals surface area contributed by atoms with Crippen LogP contribution in [0.3, 0.4) is 0 Å². The predicted molar refractivity (Wildman–Crippen MR) is 281 cm³/mol. The largest absolute Gasteiger partial charge is 0.497 e. The summed E-state index contributed by atoms with van der Waals surface area (Å²) in [5, 5.41) is 0. The van der Waals surface area contributed by atoms with Gasteiger partial charge in [0.1, 0.15) is 42.0 Å². The molecule has 0 amide bonds. The van der Waals surface area contributed by atoms with Crippen LogP contribution in [0, 0.1) is 6.57 Å². The molecular weight excluding hydrogens is 936 g/mol. The molecular formula is C56H79N4O11P. The number of nitrogens with one attached hydrogen (secondary N) is 1. The highest BCUT2D eigenvalue weighted by molar-refractivity contribution is 7.44. The molecule has 0 radical (unpaired) electrons. The molecule has 2 heterocycles. The molecule has 394 valence electrons. The average Bonchev–Trinajstić information content (AvgIpc) is 3.72. The van der Waals surface area contributed by atoms with Gasteiger partial charge in [0.15, 0.2) is 6.23 Å². The lowest BCUT2D eigenvalue weighted by Gasteiger charge is -2.39. The Morgan fingerprint density at radius 1 is 0.722 bits per heavy atom. The number of aromatic nitrogens is 2. The second-order valence-electron chi connectivity index (χ2n) is 18.7. The van der Waals surface area contributed by atoms with Crippen molar-refractivity contribution in [2.75, 3.05) is 47.7 Å². The summed E-state index contributed by atoms with van der Waals surface area (Å²) in [6, 6.07) is 26.9. The van der Waals surface area contributed by atoms with Crippen LogP contribution in [0.2, 0.25) is 0 Å². The number of nitrogens with zero attached hydrogens (tertiary/aromatic N) is 3. The molecule has 1 N–H and O–H groups in total. The SMILES string of the molecule is [C-]#[N+]CCOP(OC1C(COC(c2ccccc2)(c2ccc(OC)cc2)c2ccc(OC)cc2)OC(n2ccc(=O)[nH]c2=O)C1OCCCCCCCCCCCCCCCC(=O)OC)N(C(C)C)C(C)C. The van der Waals surface area contributed by atoms with Crippen LogP contribution < -0.4 is 20.7 Å². The van der Waals surface area contributed by atoms with Crippen molar-refractivity contribution in [3.8, 4) is 11.5 Å².